The standard InChI is InChI=1S/C21H30N4O2S/c1-14-11-15(2)13-25(12-14)9-6-8-22-20(26)18-16(3)23-19(24-21(18)28-4)17-7-5-10-27-17/h5,7,10,14-15H,6,8-9,11-13H2,1-4H3,(H,22,26). The largest absolute Gasteiger partial charge is 0.461 e. The maximum Gasteiger partial charge on any atom is 0.255 e. The maximum absolute atomic E-state index is 12.8. The molecular weight excluding hydrogens is 372 g/mol. The topological polar surface area (TPSA) is 71.3 Å². The fraction of sp³-hybridized carbons (Fsp3) is 0.571. The van der Waals surface area contributed by atoms with Crippen molar-refractivity contribution in [3.63, 3.8) is 0 Å². The number of carbonyl (C=O) groups excluding carboxylic acids is 1. The van der Waals surface area contributed by atoms with Gasteiger partial charge in [-0.3, -0.25) is 4.79 Å². The van der Waals surface area contributed by atoms with Crippen LogP contribution in [0.1, 0.15) is 42.7 Å². The maximum atomic E-state index is 12.8. The minimum absolute atomic E-state index is 0.103. The highest BCUT2D eigenvalue weighted by molar-refractivity contribution is 7.98. The third-order valence-corrected chi connectivity index (χ3v) is 5.78. The number of piperidine rings is 1. The summed E-state index contributed by atoms with van der Waals surface area (Å²) >= 11 is 1.45. The molecule has 1 aliphatic rings. The first-order valence-corrected chi connectivity index (χ1v) is 11.2. The number of likely N-dealkylation sites (tertiary alicyclic amines) is 1. The van der Waals surface area contributed by atoms with Crippen molar-refractivity contribution in [2.45, 2.75) is 38.6 Å². The van der Waals surface area contributed by atoms with E-state index < -0.39 is 0 Å². The predicted molar refractivity (Wildman–Crippen MR) is 113 cm³/mol. The number of aromatic nitrogens is 2. The van der Waals surface area contributed by atoms with Gasteiger partial charge in [-0.05, 0) is 56.5 Å². The summed E-state index contributed by atoms with van der Waals surface area (Å²) in [5.41, 5.74) is 1.23. The van der Waals surface area contributed by atoms with Crippen LogP contribution in [0.25, 0.3) is 11.6 Å². The normalized spacial score (nSPS) is 20.3. The van der Waals surface area contributed by atoms with Crippen LogP contribution in [-0.4, -0.2) is 53.2 Å². The first-order chi connectivity index (χ1) is 13.5. The van der Waals surface area contributed by atoms with E-state index in [1.165, 1.54) is 18.2 Å². The Morgan fingerprint density at radius 3 is 2.71 bits per heavy atom. The third-order valence-electron chi connectivity index (χ3n) is 5.10. The van der Waals surface area contributed by atoms with Gasteiger partial charge in [0.2, 0.25) is 0 Å². The van der Waals surface area contributed by atoms with Crippen molar-refractivity contribution in [3.8, 4) is 11.6 Å². The second kappa shape index (κ2) is 9.56. The molecule has 0 radical (unpaired) electrons. The quantitative estimate of drug-likeness (QED) is 0.431. The molecule has 1 fully saturated rings. The minimum atomic E-state index is -0.103. The summed E-state index contributed by atoms with van der Waals surface area (Å²) < 4.78 is 5.39. The molecule has 1 amide bonds. The average molecular weight is 403 g/mol. The van der Waals surface area contributed by atoms with Crippen molar-refractivity contribution >= 4 is 17.7 Å². The van der Waals surface area contributed by atoms with E-state index in [-0.39, 0.29) is 5.91 Å². The molecule has 2 aromatic heterocycles. The molecular formula is C21H30N4O2S. The van der Waals surface area contributed by atoms with Gasteiger partial charge in [0, 0.05) is 19.6 Å². The summed E-state index contributed by atoms with van der Waals surface area (Å²) in [6.45, 7) is 10.5. The number of aryl methyl sites for hydroxylation is 1. The van der Waals surface area contributed by atoms with E-state index in [4.69, 9.17) is 4.42 Å². The summed E-state index contributed by atoms with van der Waals surface area (Å²) in [6.07, 6.45) is 5.78. The molecule has 2 aromatic rings. The van der Waals surface area contributed by atoms with Crippen LogP contribution in [0.2, 0.25) is 0 Å². The number of nitrogens with one attached hydrogen (secondary N) is 1. The van der Waals surface area contributed by atoms with E-state index in [9.17, 15) is 4.79 Å². The molecule has 0 saturated carbocycles. The molecule has 1 saturated heterocycles. The van der Waals surface area contributed by atoms with E-state index in [2.05, 4.69) is 34.0 Å². The van der Waals surface area contributed by atoms with Crippen molar-refractivity contribution in [2.75, 3.05) is 32.4 Å². The number of hydrogen-bond acceptors (Lipinski definition) is 6. The Morgan fingerprint density at radius 1 is 1.32 bits per heavy atom. The Kier molecular flexibility index (Phi) is 7.13. The molecule has 2 atom stereocenters. The average Bonchev–Trinajstić information content (AvgIpc) is 3.18. The van der Waals surface area contributed by atoms with Gasteiger partial charge in [0.25, 0.3) is 5.91 Å². The van der Waals surface area contributed by atoms with Crippen molar-refractivity contribution in [3.05, 3.63) is 29.7 Å². The molecule has 1 aliphatic heterocycles. The van der Waals surface area contributed by atoms with Gasteiger partial charge in [-0.15, -0.1) is 11.8 Å². The molecule has 7 heteroatoms. The number of thioether (sulfide) groups is 1. The first kappa shape index (κ1) is 20.9. The highest BCUT2D eigenvalue weighted by Gasteiger charge is 2.22. The molecule has 6 nitrogen and oxygen atoms in total. The minimum Gasteiger partial charge on any atom is -0.461 e. The van der Waals surface area contributed by atoms with Gasteiger partial charge in [-0.1, -0.05) is 13.8 Å². The van der Waals surface area contributed by atoms with E-state index >= 15 is 0 Å². The zero-order chi connectivity index (χ0) is 20.1. The molecule has 152 valence electrons. The van der Waals surface area contributed by atoms with Crippen LogP contribution >= 0.6 is 11.8 Å². The summed E-state index contributed by atoms with van der Waals surface area (Å²) in [5.74, 6) is 2.53. The van der Waals surface area contributed by atoms with Crippen molar-refractivity contribution in [2.24, 2.45) is 11.8 Å². The lowest BCUT2D eigenvalue weighted by Gasteiger charge is -2.34. The third kappa shape index (κ3) is 5.14. The van der Waals surface area contributed by atoms with Crippen LogP contribution in [0, 0.1) is 18.8 Å². The summed E-state index contributed by atoms with van der Waals surface area (Å²) in [5, 5.41) is 3.72. The lowest BCUT2D eigenvalue weighted by molar-refractivity contribution is 0.0942. The van der Waals surface area contributed by atoms with Crippen LogP contribution in [0.3, 0.4) is 0 Å². The number of rotatable bonds is 7. The van der Waals surface area contributed by atoms with E-state index in [0.717, 1.165) is 37.9 Å². The Labute approximate surface area is 171 Å². The smallest absolute Gasteiger partial charge is 0.255 e. The van der Waals surface area contributed by atoms with Crippen LogP contribution in [-0.2, 0) is 0 Å². The zero-order valence-electron chi connectivity index (χ0n) is 17.2. The molecule has 2 unspecified atom stereocenters. The number of furan rings is 1. The van der Waals surface area contributed by atoms with Crippen LogP contribution in [0.4, 0.5) is 0 Å². The molecule has 0 bridgehead atoms. The highest BCUT2D eigenvalue weighted by atomic mass is 32.2. The summed E-state index contributed by atoms with van der Waals surface area (Å²) in [6, 6.07) is 3.62. The number of hydrogen-bond donors (Lipinski definition) is 1. The molecule has 0 aromatic carbocycles. The van der Waals surface area contributed by atoms with Gasteiger partial charge in [-0.2, -0.15) is 0 Å². The first-order valence-electron chi connectivity index (χ1n) is 9.95. The molecule has 0 spiro atoms. The lowest BCUT2D eigenvalue weighted by Crippen LogP contribution is -2.40. The Balaban J connectivity index is 1.58. The Hall–Kier alpha value is -1.86. The van der Waals surface area contributed by atoms with E-state index in [0.29, 0.717) is 34.4 Å². The van der Waals surface area contributed by atoms with Gasteiger partial charge < -0.3 is 14.6 Å². The fourth-order valence-electron chi connectivity index (χ4n) is 4.04. The monoisotopic (exact) mass is 402 g/mol. The van der Waals surface area contributed by atoms with Gasteiger partial charge in [0.05, 0.1) is 17.5 Å². The Bertz CT molecular complexity index is 784. The van der Waals surface area contributed by atoms with Crippen LogP contribution in [0.15, 0.2) is 27.8 Å². The molecule has 3 heterocycles. The van der Waals surface area contributed by atoms with E-state index in [1.54, 1.807) is 12.3 Å². The number of nitrogens with zero attached hydrogens (tertiary/aromatic N) is 3. The van der Waals surface area contributed by atoms with Gasteiger partial charge in [-0.25, -0.2) is 9.97 Å². The van der Waals surface area contributed by atoms with E-state index in [1.807, 2.05) is 19.2 Å². The van der Waals surface area contributed by atoms with Gasteiger partial charge in [0.15, 0.2) is 11.6 Å². The molecule has 0 aliphatic carbocycles. The second-order valence-corrected chi connectivity index (χ2v) is 8.60. The number of carbonyl (C=O) groups is 1. The lowest BCUT2D eigenvalue weighted by atomic mass is 9.92. The van der Waals surface area contributed by atoms with Crippen molar-refractivity contribution < 1.29 is 9.21 Å². The summed E-state index contributed by atoms with van der Waals surface area (Å²) in [7, 11) is 0. The van der Waals surface area contributed by atoms with Crippen molar-refractivity contribution in [1.29, 1.82) is 0 Å². The number of amides is 1. The zero-order valence-corrected chi connectivity index (χ0v) is 18.0. The molecule has 28 heavy (non-hydrogen) atoms. The Morgan fingerprint density at radius 2 is 2.07 bits per heavy atom. The fourth-order valence-corrected chi connectivity index (χ4v) is 4.66. The SMILES string of the molecule is CSc1nc(-c2ccco2)nc(C)c1C(=O)NCCCN1CC(C)CC(C)C1. The highest BCUT2D eigenvalue weighted by Crippen LogP contribution is 2.25. The second-order valence-electron chi connectivity index (χ2n) is 7.81. The molecule has 3 rings (SSSR count). The van der Waals surface area contributed by atoms with Crippen molar-refractivity contribution in [1.82, 2.24) is 20.2 Å². The summed E-state index contributed by atoms with van der Waals surface area (Å²) in [4.78, 5) is 24.3. The molecule has 1 N–H and O–H groups in total. The van der Waals surface area contributed by atoms with Crippen LogP contribution < -0.4 is 5.32 Å². The van der Waals surface area contributed by atoms with Gasteiger partial charge in [0.1, 0.15) is 5.03 Å². The van der Waals surface area contributed by atoms with Gasteiger partial charge >= 0.3 is 0 Å². The predicted octanol–water partition coefficient (Wildman–Crippen LogP) is 3.86. The van der Waals surface area contributed by atoms with Crippen LogP contribution in [0.5, 0.6) is 0 Å².